The predicted molar refractivity (Wildman–Crippen MR) is 186 cm³/mol. The van der Waals surface area contributed by atoms with E-state index >= 15 is 0 Å². The summed E-state index contributed by atoms with van der Waals surface area (Å²) >= 11 is 0. The lowest BCUT2D eigenvalue weighted by atomic mass is 9.99. The van der Waals surface area contributed by atoms with Crippen molar-refractivity contribution in [3.63, 3.8) is 0 Å². The number of nitro groups is 2. The SMILES string of the molecule is O=C1/C(=C\Nc2ccccc2OCCOCCOc2ccccc2N/C=C2\C(=O)c3cc([N+](=O)[O-])ccc3OC2O)C(O)Oc2ccc([N+](=O)[O-])cc21. The molecule has 4 N–H and O–H groups in total. The molecule has 0 saturated heterocycles. The number of fused-ring (bicyclic) bond motifs is 2. The van der Waals surface area contributed by atoms with E-state index in [4.69, 9.17) is 23.7 Å². The molecule has 2 atom stereocenters. The van der Waals surface area contributed by atoms with Gasteiger partial charge in [-0.15, -0.1) is 0 Å². The lowest BCUT2D eigenvalue weighted by molar-refractivity contribution is -0.385. The summed E-state index contributed by atoms with van der Waals surface area (Å²) in [6, 6.07) is 20.8. The number of aliphatic hydroxyl groups excluding tert-OH is 2. The second-order valence-corrected chi connectivity index (χ2v) is 11.3. The topological polar surface area (TPSA) is 231 Å². The van der Waals surface area contributed by atoms with E-state index in [2.05, 4.69) is 10.6 Å². The highest BCUT2D eigenvalue weighted by molar-refractivity contribution is 6.13. The summed E-state index contributed by atoms with van der Waals surface area (Å²) in [4.78, 5) is 47.1. The zero-order valence-electron chi connectivity index (χ0n) is 27.5. The fourth-order valence-corrected chi connectivity index (χ4v) is 5.26. The van der Waals surface area contributed by atoms with E-state index in [-0.39, 0.29) is 71.6 Å². The lowest BCUT2D eigenvalue weighted by Crippen LogP contribution is -2.30. The van der Waals surface area contributed by atoms with Crippen LogP contribution in [0.1, 0.15) is 20.7 Å². The van der Waals surface area contributed by atoms with Crippen LogP contribution in [0.2, 0.25) is 0 Å². The molecule has 4 aromatic rings. The monoisotopic (exact) mass is 726 g/mol. The summed E-state index contributed by atoms with van der Waals surface area (Å²) in [5.74, 6) is -0.359. The fourth-order valence-electron chi connectivity index (χ4n) is 5.26. The van der Waals surface area contributed by atoms with Crippen LogP contribution in [0.5, 0.6) is 23.0 Å². The Morgan fingerprint density at radius 2 is 1.06 bits per heavy atom. The number of ether oxygens (including phenoxy) is 5. The Balaban J connectivity index is 0.982. The zero-order valence-corrected chi connectivity index (χ0v) is 27.5. The summed E-state index contributed by atoms with van der Waals surface area (Å²) < 4.78 is 28.1. The summed E-state index contributed by atoms with van der Waals surface area (Å²) in [5.41, 5.74) is -0.0506. The number of hydrogen-bond acceptors (Lipinski definition) is 15. The van der Waals surface area contributed by atoms with Crippen LogP contribution in [0.25, 0.3) is 0 Å². The van der Waals surface area contributed by atoms with Crippen molar-refractivity contribution >= 4 is 34.3 Å². The summed E-state index contributed by atoms with van der Waals surface area (Å²) in [6.07, 6.45) is -0.682. The Morgan fingerprint density at radius 3 is 1.47 bits per heavy atom. The third-order valence-electron chi connectivity index (χ3n) is 7.88. The van der Waals surface area contributed by atoms with Crippen LogP contribution in [0.3, 0.4) is 0 Å². The molecular formula is C36H30N4O13. The molecule has 53 heavy (non-hydrogen) atoms. The van der Waals surface area contributed by atoms with Gasteiger partial charge in [-0.1, -0.05) is 24.3 Å². The Hall–Kier alpha value is -6.82. The van der Waals surface area contributed by atoms with Crippen molar-refractivity contribution < 1.29 is 53.3 Å². The number of ketones is 2. The summed E-state index contributed by atoms with van der Waals surface area (Å²) in [6.45, 7) is 0.664. The predicted octanol–water partition coefficient (Wildman–Crippen LogP) is 4.76. The fraction of sp³-hybridized carbons (Fsp3) is 0.167. The molecule has 0 saturated carbocycles. The average molecular weight is 727 g/mol. The van der Waals surface area contributed by atoms with Crippen molar-refractivity contribution in [1.29, 1.82) is 0 Å². The Morgan fingerprint density at radius 1 is 0.642 bits per heavy atom. The molecule has 272 valence electrons. The number of Topliss-reactive ketones (excluding diaryl/α,β-unsaturated/α-hetero) is 2. The molecule has 0 aromatic heterocycles. The van der Waals surface area contributed by atoms with Gasteiger partial charge in [0.2, 0.25) is 24.1 Å². The van der Waals surface area contributed by atoms with Crippen LogP contribution < -0.4 is 29.6 Å². The first kappa shape index (κ1) is 36.0. The number of anilines is 2. The van der Waals surface area contributed by atoms with Crippen molar-refractivity contribution in [2.45, 2.75) is 12.6 Å². The maximum absolute atomic E-state index is 13.0. The third-order valence-corrected chi connectivity index (χ3v) is 7.88. The van der Waals surface area contributed by atoms with Crippen molar-refractivity contribution in [2.24, 2.45) is 0 Å². The Bertz CT molecular complexity index is 1990. The molecule has 0 fully saturated rings. The van der Waals surface area contributed by atoms with Crippen LogP contribution in [0.15, 0.2) is 108 Å². The van der Waals surface area contributed by atoms with Gasteiger partial charge in [-0.3, -0.25) is 29.8 Å². The zero-order chi connectivity index (χ0) is 37.5. The number of carbonyl (C=O) groups is 2. The van der Waals surface area contributed by atoms with Gasteiger partial charge in [-0.25, -0.2) is 0 Å². The number of para-hydroxylation sites is 4. The number of aliphatic hydroxyl groups is 2. The van der Waals surface area contributed by atoms with Crippen LogP contribution in [-0.2, 0) is 4.74 Å². The van der Waals surface area contributed by atoms with Gasteiger partial charge < -0.3 is 44.5 Å². The average Bonchev–Trinajstić information content (AvgIpc) is 3.14. The van der Waals surface area contributed by atoms with E-state index in [9.17, 15) is 40.0 Å². The van der Waals surface area contributed by atoms with Gasteiger partial charge >= 0.3 is 0 Å². The molecule has 0 radical (unpaired) electrons. The van der Waals surface area contributed by atoms with E-state index in [0.717, 1.165) is 12.1 Å². The minimum Gasteiger partial charge on any atom is -0.489 e. The highest BCUT2D eigenvalue weighted by Crippen LogP contribution is 2.35. The van der Waals surface area contributed by atoms with Crippen LogP contribution in [-0.4, -0.2) is 70.6 Å². The standard InChI is InChI=1S/C36H30N4O13/c41-33-23-17-21(39(45)46)9-11-29(23)52-35(43)25(33)19-37-27-5-1-3-7-31(27)50-15-13-49-14-16-51-32-8-4-2-6-28(32)38-20-26-34(42)24-18-22(40(47)48)10-12-30(24)53-36(26)44/h1-12,17-20,35-38,43-44H,13-16H2/b25-19+,26-20+. The van der Waals surface area contributed by atoms with E-state index in [0.29, 0.717) is 22.9 Å². The minimum absolute atomic E-state index is 0.0336. The number of nitrogens with one attached hydrogen (secondary N) is 2. The number of hydrogen-bond donors (Lipinski definition) is 4. The maximum atomic E-state index is 13.0. The number of carbonyl (C=O) groups excluding carboxylic acids is 2. The number of nitrogens with zero attached hydrogens (tertiary/aromatic N) is 2. The summed E-state index contributed by atoms with van der Waals surface area (Å²) in [7, 11) is 0. The van der Waals surface area contributed by atoms with Crippen molar-refractivity contribution in [1.82, 2.24) is 0 Å². The Kier molecular flexibility index (Phi) is 10.9. The second kappa shape index (κ2) is 16.0. The molecule has 2 aliphatic rings. The first-order valence-electron chi connectivity index (χ1n) is 15.9. The number of nitro benzene ring substituents is 2. The van der Waals surface area contributed by atoms with Crippen LogP contribution in [0.4, 0.5) is 22.7 Å². The van der Waals surface area contributed by atoms with E-state index in [1.165, 1.54) is 36.7 Å². The number of rotatable bonds is 14. The molecule has 2 unspecified atom stereocenters. The molecule has 17 heteroatoms. The van der Waals surface area contributed by atoms with E-state index in [1.54, 1.807) is 48.5 Å². The largest absolute Gasteiger partial charge is 0.489 e. The third kappa shape index (κ3) is 8.23. The second-order valence-electron chi connectivity index (χ2n) is 11.3. The quantitative estimate of drug-likeness (QED) is 0.0594. The molecule has 0 aliphatic carbocycles. The van der Waals surface area contributed by atoms with E-state index < -0.39 is 34.0 Å². The number of non-ortho nitro benzene ring substituents is 2. The molecule has 4 aromatic carbocycles. The van der Waals surface area contributed by atoms with Crippen LogP contribution in [0, 0.1) is 20.2 Å². The highest BCUT2D eigenvalue weighted by Gasteiger charge is 2.33. The van der Waals surface area contributed by atoms with Crippen LogP contribution >= 0.6 is 0 Å². The van der Waals surface area contributed by atoms with Gasteiger partial charge in [0.25, 0.3) is 11.4 Å². The number of benzene rings is 4. The van der Waals surface area contributed by atoms with Gasteiger partial charge in [0.15, 0.2) is 0 Å². The molecule has 17 nitrogen and oxygen atoms in total. The van der Waals surface area contributed by atoms with Gasteiger partial charge in [-0.05, 0) is 36.4 Å². The molecule has 0 spiro atoms. The molecule has 2 aliphatic heterocycles. The normalized spacial score (nSPS) is 17.6. The molecule has 2 heterocycles. The van der Waals surface area contributed by atoms with Gasteiger partial charge in [0.05, 0.1) is 56.7 Å². The molecule has 0 bridgehead atoms. The van der Waals surface area contributed by atoms with Gasteiger partial charge in [-0.2, -0.15) is 0 Å². The smallest absolute Gasteiger partial charge is 0.270 e. The Labute approximate surface area is 299 Å². The van der Waals surface area contributed by atoms with Crippen molar-refractivity contribution in [2.75, 3.05) is 37.1 Å². The van der Waals surface area contributed by atoms with Crippen molar-refractivity contribution in [3.05, 3.63) is 140 Å². The molecule has 6 rings (SSSR count). The first-order chi connectivity index (χ1) is 25.6. The van der Waals surface area contributed by atoms with Crippen molar-refractivity contribution in [3.8, 4) is 23.0 Å². The lowest BCUT2D eigenvalue weighted by Gasteiger charge is -2.23. The molecular weight excluding hydrogens is 696 g/mol. The summed E-state index contributed by atoms with van der Waals surface area (Å²) in [5, 5.41) is 49.0. The van der Waals surface area contributed by atoms with E-state index in [1.807, 2.05) is 0 Å². The van der Waals surface area contributed by atoms with Gasteiger partial charge in [0, 0.05) is 36.7 Å². The highest BCUT2D eigenvalue weighted by atomic mass is 16.6. The van der Waals surface area contributed by atoms with Gasteiger partial charge in [0.1, 0.15) is 36.2 Å². The minimum atomic E-state index is -1.60. The maximum Gasteiger partial charge on any atom is 0.270 e. The molecule has 0 amide bonds. The first-order valence-corrected chi connectivity index (χ1v) is 15.9.